The van der Waals surface area contributed by atoms with Crippen molar-refractivity contribution in [3.8, 4) is 0 Å². The van der Waals surface area contributed by atoms with E-state index >= 15 is 0 Å². The van der Waals surface area contributed by atoms with Gasteiger partial charge in [0, 0.05) is 18.1 Å². The van der Waals surface area contributed by atoms with Crippen LogP contribution in [0.15, 0.2) is 0 Å². The summed E-state index contributed by atoms with van der Waals surface area (Å²) in [5.74, 6) is 0. The van der Waals surface area contributed by atoms with E-state index in [0.29, 0.717) is 6.04 Å². The van der Waals surface area contributed by atoms with Gasteiger partial charge in [-0.25, -0.2) is 0 Å². The van der Waals surface area contributed by atoms with Crippen LogP contribution in [0.1, 0.15) is 32.6 Å². The van der Waals surface area contributed by atoms with Gasteiger partial charge in [0.2, 0.25) is 0 Å². The number of rotatable bonds is 4. The molecule has 0 aromatic rings. The molecule has 0 heterocycles. The van der Waals surface area contributed by atoms with Gasteiger partial charge < -0.3 is 10.8 Å². The Morgan fingerprint density at radius 1 is 1.46 bits per heavy atom. The summed E-state index contributed by atoms with van der Waals surface area (Å²) in [6.45, 7) is 2.14. The molecule has 1 aliphatic rings. The van der Waals surface area contributed by atoms with Crippen LogP contribution in [-0.2, 0) is 0 Å². The van der Waals surface area contributed by atoms with Crippen molar-refractivity contribution in [2.45, 2.75) is 50.7 Å². The number of aliphatic hydroxyl groups excluding tert-OH is 1. The Morgan fingerprint density at radius 3 is 2.38 bits per heavy atom. The molecule has 0 saturated heterocycles. The lowest BCUT2D eigenvalue weighted by Gasteiger charge is -2.34. The highest BCUT2D eigenvalue weighted by molar-refractivity contribution is 4.84. The van der Waals surface area contributed by atoms with Crippen molar-refractivity contribution in [2.75, 3.05) is 13.7 Å². The summed E-state index contributed by atoms with van der Waals surface area (Å²) in [7, 11) is 2.08. The van der Waals surface area contributed by atoms with E-state index in [4.69, 9.17) is 5.73 Å². The predicted octanol–water partition coefficient (Wildman–Crippen LogP) is 0.569. The maximum Gasteiger partial charge on any atom is 0.0601 e. The Hall–Kier alpha value is -0.120. The summed E-state index contributed by atoms with van der Waals surface area (Å²) in [5.41, 5.74) is 5.81. The molecule has 2 atom stereocenters. The van der Waals surface area contributed by atoms with E-state index in [2.05, 4.69) is 11.9 Å². The highest BCUT2D eigenvalue weighted by atomic mass is 16.3. The van der Waals surface area contributed by atoms with E-state index in [1.54, 1.807) is 0 Å². The van der Waals surface area contributed by atoms with Crippen LogP contribution in [0.5, 0.6) is 0 Å². The zero-order valence-corrected chi connectivity index (χ0v) is 8.74. The molecule has 0 aromatic heterocycles. The zero-order chi connectivity index (χ0) is 9.84. The Bertz CT molecular complexity index is 144. The molecule has 1 rings (SSSR count). The van der Waals surface area contributed by atoms with Crippen LogP contribution in [0.4, 0.5) is 0 Å². The van der Waals surface area contributed by atoms with Gasteiger partial charge in [-0.05, 0) is 26.8 Å². The van der Waals surface area contributed by atoms with Crippen molar-refractivity contribution in [2.24, 2.45) is 5.73 Å². The SMILES string of the molecule is CC(N)C(CO)N(C)C1CCCC1. The fourth-order valence-electron chi connectivity index (χ4n) is 2.25. The van der Waals surface area contributed by atoms with Gasteiger partial charge in [-0.15, -0.1) is 0 Å². The second-order valence-corrected chi connectivity index (χ2v) is 4.21. The average molecular weight is 186 g/mol. The van der Waals surface area contributed by atoms with Crippen molar-refractivity contribution in [3.05, 3.63) is 0 Å². The summed E-state index contributed by atoms with van der Waals surface area (Å²) in [6.07, 6.45) is 5.18. The fraction of sp³-hybridized carbons (Fsp3) is 1.00. The van der Waals surface area contributed by atoms with Gasteiger partial charge in [0.05, 0.1) is 6.61 Å². The van der Waals surface area contributed by atoms with Crippen molar-refractivity contribution < 1.29 is 5.11 Å². The molecule has 0 amide bonds. The van der Waals surface area contributed by atoms with Gasteiger partial charge in [0.15, 0.2) is 0 Å². The maximum absolute atomic E-state index is 9.21. The topological polar surface area (TPSA) is 49.5 Å². The second-order valence-electron chi connectivity index (χ2n) is 4.21. The lowest BCUT2D eigenvalue weighted by molar-refractivity contribution is 0.0963. The van der Waals surface area contributed by atoms with Crippen LogP contribution in [0, 0.1) is 0 Å². The number of hydrogen-bond donors (Lipinski definition) is 2. The second kappa shape index (κ2) is 4.94. The van der Waals surface area contributed by atoms with Crippen LogP contribution in [0.3, 0.4) is 0 Å². The lowest BCUT2D eigenvalue weighted by Crippen LogP contribution is -2.50. The summed E-state index contributed by atoms with van der Waals surface area (Å²) in [4.78, 5) is 2.26. The Balaban J connectivity index is 2.46. The quantitative estimate of drug-likeness (QED) is 0.675. The first-order chi connectivity index (χ1) is 6.16. The van der Waals surface area contributed by atoms with E-state index in [9.17, 15) is 5.11 Å². The van der Waals surface area contributed by atoms with Crippen molar-refractivity contribution >= 4 is 0 Å². The molecule has 13 heavy (non-hydrogen) atoms. The zero-order valence-electron chi connectivity index (χ0n) is 8.74. The van der Waals surface area contributed by atoms with Crippen molar-refractivity contribution in [3.63, 3.8) is 0 Å². The molecule has 2 unspecified atom stereocenters. The Kier molecular flexibility index (Phi) is 4.16. The van der Waals surface area contributed by atoms with E-state index in [1.165, 1.54) is 25.7 Å². The van der Waals surface area contributed by atoms with Crippen molar-refractivity contribution in [1.82, 2.24) is 4.90 Å². The molecule has 1 aliphatic carbocycles. The minimum atomic E-state index is 0.0515. The molecule has 3 heteroatoms. The van der Waals surface area contributed by atoms with E-state index in [-0.39, 0.29) is 18.7 Å². The summed E-state index contributed by atoms with van der Waals surface area (Å²) >= 11 is 0. The number of aliphatic hydroxyl groups is 1. The predicted molar refractivity (Wildman–Crippen MR) is 54.5 cm³/mol. The normalized spacial score (nSPS) is 23.8. The standard InChI is InChI=1S/C10H22N2O/c1-8(11)10(7-13)12(2)9-5-3-4-6-9/h8-10,13H,3-7,11H2,1-2H3. The minimum Gasteiger partial charge on any atom is -0.395 e. The summed E-state index contributed by atoms with van der Waals surface area (Å²) < 4.78 is 0. The van der Waals surface area contributed by atoms with Crippen LogP contribution < -0.4 is 5.73 Å². The number of nitrogens with zero attached hydrogens (tertiary/aromatic N) is 1. The third kappa shape index (κ3) is 2.66. The van der Waals surface area contributed by atoms with Crippen LogP contribution in [0.2, 0.25) is 0 Å². The highest BCUT2D eigenvalue weighted by Crippen LogP contribution is 2.24. The van der Waals surface area contributed by atoms with Gasteiger partial charge in [-0.2, -0.15) is 0 Å². The van der Waals surface area contributed by atoms with Crippen LogP contribution in [0.25, 0.3) is 0 Å². The number of hydrogen-bond acceptors (Lipinski definition) is 3. The average Bonchev–Trinajstić information content (AvgIpc) is 2.56. The molecule has 78 valence electrons. The highest BCUT2D eigenvalue weighted by Gasteiger charge is 2.26. The largest absolute Gasteiger partial charge is 0.395 e. The molecule has 3 nitrogen and oxygen atoms in total. The Morgan fingerprint density at radius 2 is 2.00 bits per heavy atom. The van der Waals surface area contributed by atoms with Crippen LogP contribution in [-0.4, -0.2) is 41.8 Å². The number of nitrogens with two attached hydrogens (primary N) is 1. The molecule has 0 aromatic carbocycles. The summed E-state index contributed by atoms with van der Waals surface area (Å²) in [6, 6.07) is 0.821. The van der Waals surface area contributed by atoms with Gasteiger partial charge in [-0.1, -0.05) is 12.8 Å². The maximum atomic E-state index is 9.21. The molecular formula is C10H22N2O. The fourth-order valence-corrected chi connectivity index (χ4v) is 2.25. The number of likely N-dealkylation sites (N-methyl/N-ethyl adjacent to an activating group) is 1. The Labute approximate surface area is 80.9 Å². The molecule has 3 N–H and O–H groups in total. The van der Waals surface area contributed by atoms with Crippen molar-refractivity contribution in [1.29, 1.82) is 0 Å². The first kappa shape index (κ1) is 11.0. The van der Waals surface area contributed by atoms with Crippen LogP contribution >= 0.6 is 0 Å². The summed E-state index contributed by atoms with van der Waals surface area (Å²) in [5, 5.41) is 9.21. The molecule has 0 spiro atoms. The molecule has 1 fully saturated rings. The van der Waals surface area contributed by atoms with Gasteiger partial charge in [0.1, 0.15) is 0 Å². The lowest BCUT2D eigenvalue weighted by atomic mass is 10.1. The first-order valence-electron chi connectivity index (χ1n) is 5.25. The van der Waals surface area contributed by atoms with E-state index in [1.807, 2.05) is 6.92 Å². The van der Waals surface area contributed by atoms with Gasteiger partial charge in [-0.3, -0.25) is 4.90 Å². The molecular weight excluding hydrogens is 164 g/mol. The third-order valence-corrected chi connectivity index (χ3v) is 3.22. The molecule has 0 radical (unpaired) electrons. The first-order valence-corrected chi connectivity index (χ1v) is 5.25. The smallest absolute Gasteiger partial charge is 0.0601 e. The van der Waals surface area contributed by atoms with Gasteiger partial charge >= 0.3 is 0 Å². The monoisotopic (exact) mass is 186 g/mol. The minimum absolute atomic E-state index is 0.0515. The van der Waals surface area contributed by atoms with E-state index < -0.39 is 0 Å². The van der Waals surface area contributed by atoms with E-state index in [0.717, 1.165) is 0 Å². The van der Waals surface area contributed by atoms with Gasteiger partial charge in [0.25, 0.3) is 0 Å². The third-order valence-electron chi connectivity index (χ3n) is 3.22. The molecule has 0 bridgehead atoms. The molecule has 0 aliphatic heterocycles. The molecule has 1 saturated carbocycles.